The lowest BCUT2D eigenvalue weighted by Gasteiger charge is -2.31. The van der Waals surface area contributed by atoms with Gasteiger partial charge >= 0.3 is 0 Å². The van der Waals surface area contributed by atoms with Gasteiger partial charge in [-0.25, -0.2) is 13.4 Å². The van der Waals surface area contributed by atoms with Gasteiger partial charge in [0.25, 0.3) is 5.91 Å². The molecule has 1 spiro atoms. The van der Waals surface area contributed by atoms with E-state index in [4.69, 9.17) is 0 Å². The van der Waals surface area contributed by atoms with E-state index >= 15 is 0 Å². The van der Waals surface area contributed by atoms with Gasteiger partial charge in [-0.2, -0.15) is 0 Å². The second kappa shape index (κ2) is 7.86. The summed E-state index contributed by atoms with van der Waals surface area (Å²) < 4.78 is 25.9. The fourth-order valence-corrected chi connectivity index (χ4v) is 6.55. The third-order valence-electron chi connectivity index (χ3n) is 7.43. The first kappa shape index (κ1) is 21.4. The molecule has 0 atom stereocenters. The van der Waals surface area contributed by atoms with Crippen LogP contribution in [0.3, 0.4) is 0 Å². The van der Waals surface area contributed by atoms with Crippen LogP contribution in [-0.4, -0.2) is 60.4 Å². The molecule has 0 unspecified atom stereocenters. The van der Waals surface area contributed by atoms with Gasteiger partial charge < -0.3 is 9.80 Å². The Balaban J connectivity index is 1.22. The molecule has 3 fully saturated rings. The number of benzene rings is 1. The molecule has 0 radical (unpaired) electrons. The second-order valence-electron chi connectivity index (χ2n) is 9.52. The summed E-state index contributed by atoms with van der Waals surface area (Å²) in [4.78, 5) is 33.4. The third kappa shape index (κ3) is 3.70. The first-order valence-electron chi connectivity index (χ1n) is 11.6. The van der Waals surface area contributed by atoms with Crippen LogP contribution in [0.5, 0.6) is 0 Å². The number of nitrogens with one attached hydrogen (secondary N) is 1. The molecule has 2 amide bonds. The van der Waals surface area contributed by atoms with Crippen molar-refractivity contribution < 1.29 is 18.0 Å². The van der Waals surface area contributed by atoms with Crippen LogP contribution < -0.4 is 5.32 Å². The Labute approximate surface area is 189 Å². The summed E-state index contributed by atoms with van der Waals surface area (Å²) >= 11 is 0. The molecular formula is C23H30N4O4S. The molecule has 4 aliphatic rings. The fourth-order valence-electron chi connectivity index (χ4n) is 5.20. The average molecular weight is 459 g/mol. The van der Waals surface area contributed by atoms with Crippen LogP contribution in [0.15, 0.2) is 28.1 Å². The van der Waals surface area contributed by atoms with E-state index in [1.807, 2.05) is 16.8 Å². The molecule has 1 aromatic rings. The molecule has 5 rings (SSSR count). The van der Waals surface area contributed by atoms with E-state index in [0.717, 1.165) is 44.1 Å². The fraction of sp³-hybridized carbons (Fsp3) is 0.609. The number of carbonyl (C=O) groups is 2. The van der Waals surface area contributed by atoms with E-state index in [1.54, 1.807) is 18.2 Å². The SMILES string of the molecule is CN(C(=O)CCCS(=O)(=O)c1ccc2c(c1)CN1C(=N2)NC(=O)C12CC2)C1CCCCC1. The Morgan fingerprint density at radius 1 is 1.25 bits per heavy atom. The number of nitrogens with zero attached hydrogens (tertiary/aromatic N) is 3. The molecule has 32 heavy (non-hydrogen) atoms. The first-order chi connectivity index (χ1) is 15.3. The van der Waals surface area contributed by atoms with Gasteiger partial charge in [0.1, 0.15) is 5.54 Å². The Kier molecular flexibility index (Phi) is 5.27. The lowest BCUT2D eigenvalue weighted by Crippen LogP contribution is -2.38. The predicted octanol–water partition coefficient (Wildman–Crippen LogP) is 2.50. The number of amides is 2. The highest BCUT2D eigenvalue weighted by Gasteiger charge is 2.61. The molecule has 172 valence electrons. The van der Waals surface area contributed by atoms with Crippen molar-refractivity contribution in [3.8, 4) is 0 Å². The highest BCUT2D eigenvalue weighted by Crippen LogP contribution is 2.48. The summed E-state index contributed by atoms with van der Waals surface area (Å²) in [6.45, 7) is 0.473. The Hall–Kier alpha value is -2.42. The van der Waals surface area contributed by atoms with Crippen molar-refractivity contribution in [2.75, 3.05) is 12.8 Å². The summed E-state index contributed by atoms with van der Waals surface area (Å²) in [6.07, 6.45) is 7.78. The van der Waals surface area contributed by atoms with Gasteiger partial charge in [0.05, 0.1) is 16.3 Å². The second-order valence-corrected chi connectivity index (χ2v) is 11.6. The summed E-state index contributed by atoms with van der Waals surface area (Å²) in [6, 6.07) is 5.26. The van der Waals surface area contributed by atoms with Crippen molar-refractivity contribution in [3.05, 3.63) is 23.8 Å². The maximum atomic E-state index is 12.9. The minimum Gasteiger partial charge on any atom is -0.343 e. The summed E-state index contributed by atoms with van der Waals surface area (Å²) in [5.41, 5.74) is 1.01. The van der Waals surface area contributed by atoms with Crippen molar-refractivity contribution in [2.24, 2.45) is 4.99 Å². The Bertz CT molecular complexity index is 1090. The first-order valence-corrected chi connectivity index (χ1v) is 13.2. The van der Waals surface area contributed by atoms with Crippen LogP contribution in [0.1, 0.15) is 63.4 Å². The number of hydrogen-bond acceptors (Lipinski definition) is 6. The largest absolute Gasteiger partial charge is 0.343 e. The van der Waals surface area contributed by atoms with E-state index in [2.05, 4.69) is 10.3 Å². The van der Waals surface area contributed by atoms with Crippen LogP contribution in [0.2, 0.25) is 0 Å². The molecule has 1 N–H and O–H groups in total. The maximum Gasteiger partial charge on any atom is 0.252 e. The van der Waals surface area contributed by atoms with Gasteiger partial charge in [0.15, 0.2) is 9.84 Å². The van der Waals surface area contributed by atoms with Gasteiger partial charge in [0, 0.05) is 26.1 Å². The smallest absolute Gasteiger partial charge is 0.252 e. The number of rotatable bonds is 6. The van der Waals surface area contributed by atoms with E-state index in [9.17, 15) is 18.0 Å². The predicted molar refractivity (Wildman–Crippen MR) is 120 cm³/mol. The number of aliphatic imine (C=N–C) groups is 1. The molecule has 2 saturated carbocycles. The summed E-state index contributed by atoms with van der Waals surface area (Å²) in [7, 11) is -1.66. The number of sulfone groups is 1. The Morgan fingerprint density at radius 2 is 2.00 bits per heavy atom. The molecule has 0 aromatic heterocycles. The highest BCUT2D eigenvalue weighted by atomic mass is 32.2. The molecule has 8 nitrogen and oxygen atoms in total. The third-order valence-corrected chi connectivity index (χ3v) is 9.23. The summed E-state index contributed by atoms with van der Waals surface area (Å²) in [5.74, 6) is 0.523. The van der Waals surface area contributed by atoms with Crippen molar-refractivity contribution in [1.82, 2.24) is 15.1 Å². The molecular weight excluding hydrogens is 428 g/mol. The molecule has 2 aliphatic carbocycles. The minimum absolute atomic E-state index is 0.0141. The molecule has 1 aromatic carbocycles. The van der Waals surface area contributed by atoms with Gasteiger partial charge in [-0.15, -0.1) is 0 Å². The zero-order chi connectivity index (χ0) is 22.5. The van der Waals surface area contributed by atoms with Crippen LogP contribution in [0.4, 0.5) is 5.69 Å². The van der Waals surface area contributed by atoms with E-state index in [0.29, 0.717) is 30.7 Å². The number of hydrogen-bond donors (Lipinski definition) is 1. The standard InChI is InChI=1S/C23H30N4O4S/c1-26(17-6-3-2-4-7-17)20(28)8-5-13-32(30,31)18-9-10-19-16(14-18)15-27-22(24-19)25-21(29)23(27)11-12-23/h9-10,14,17H,2-8,11-13,15H2,1H3,(H,24,25,29). The van der Waals surface area contributed by atoms with Gasteiger partial charge in [-0.1, -0.05) is 19.3 Å². The van der Waals surface area contributed by atoms with Crippen molar-refractivity contribution >= 4 is 33.3 Å². The van der Waals surface area contributed by atoms with E-state index in [1.165, 1.54) is 6.42 Å². The molecule has 9 heteroatoms. The number of fused-ring (bicyclic) bond motifs is 3. The molecule has 2 heterocycles. The lowest BCUT2D eigenvalue weighted by molar-refractivity contribution is -0.132. The van der Waals surface area contributed by atoms with Gasteiger partial charge in [-0.3, -0.25) is 14.9 Å². The van der Waals surface area contributed by atoms with Crippen molar-refractivity contribution in [1.29, 1.82) is 0 Å². The van der Waals surface area contributed by atoms with Gasteiger partial charge in [-0.05, 0) is 55.9 Å². The number of carbonyl (C=O) groups excluding carboxylic acids is 2. The van der Waals surface area contributed by atoms with E-state index < -0.39 is 15.4 Å². The van der Waals surface area contributed by atoms with Gasteiger partial charge in [0.2, 0.25) is 11.9 Å². The molecule has 2 aliphatic heterocycles. The van der Waals surface area contributed by atoms with Crippen LogP contribution in [0.25, 0.3) is 0 Å². The number of guanidine groups is 1. The minimum atomic E-state index is -3.51. The normalized spacial score (nSPS) is 21.6. The maximum absolute atomic E-state index is 12.9. The van der Waals surface area contributed by atoms with Crippen LogP contribution in [0, 0.1) is 0 Å². The van der Waals surface area contributed by atoms with Crippen LogP contribution >= 0.6 is 0 Å². The topological polar surface area (TPSA) is 99.2 Å². The van der Waals surface area contributed by atoms with Crippen molar-refractivity contribution in [3.63, 3.8) is 0 Å². The zero-order valence-electron chi connectivity index (χ0n) is 18.5. The quantitative estimate of drug-likeness (QED) is 0.706. The van der Waals surface area contributed by atoms with Crippen LogP contribution in [-0.2, 0) is 26.0 Å². The van der Waals surface area contributed by atoms with E-state index in [-0.39, 0.29) is 28.9 Å². The Morgan fingerprint density at radius 3 is 2.72 bits per heavy atom. The summed E-state index contributed by atoms with van der Waals surface area (Å²) in [5, 5.41) is 2.85. The molecule has 0 bridgehead atoms. The highest BCUT2D eigenvalue weighted by molar-refractivity contribution is 7.91. The monoisotopic (exact) mass is 458 g/mol. The average Bonchev–Trinajstić information content (AvgIpc) is 3.55. The lowest BCUT2D eigenvalue weighted by atomic mass is 9.94. The zero-order valence-corrected chi connectivity index (χ0v) is 19.3. The van der Waals surface area contributed by atoms with Crippen molar-refractivity contribution in [2.45, 2.75) is 80.8 Å². The molecule has 1 saturated heterocycles.